The van der Waals surface area contributed by atoms with E-state index >= 15 is 0 Å². The van der Waals surface area contributed by atoms with Gasteiger partial charge in [-0.15, -0.1) is 11.6 Å². The molecule has 5 heteroatoms. The number of halogens is 3. The molecule has 2 aromatic rings. The average Bonchev–Trinajstić information content (AvgIpc) is 2.54. The number of hydrogen-bond donors (Lipinski definition) is 0. The topological polar surface area (TPSA) is 17.8 Å². The highest BCUT2D eigenvalue weighted by Gasteiger charge is 2.12. The van der Waals surface area contributed by atoms with E-state index in [0.717, 1.165) is 16.8 Å². The van der Waals surface area contributed by atoms with Gasteiger partial charge in [-0.2, -0.15) is 5.10 Å². The Balaban J connectivity index is 2.30. The first-order valence-electron chi connectivity index (χ1n) is 5.14. The van der Waals surface area contributed by atoms with Crippen molar-refractivity contribution < 1.29 is 0 Å². The van der Waals surface area contributed by atoms with Crippen LogP contribution in [0.25, 0.3) is 0 Å². The zero-order chi connectivity index (χ0) is 12.4. The molecule has 0 unspecified atom stereocenters. The van der Waals surface area contributed by atoms with Crippen LogP contribution < -0.4 is 0 Å². The minimum atomic E-state index is 0.375. The summed E-state index contributed by atoms with van der Waals surface area (Å²) in [6.07, 6.45) is 0. The summed E-state index contributed by atoms with van der Waals surface area (Å²) in [6, 6.07) is 7.63. The molecule has 1 heterocycles. The van der Waals surface area contributed by atoms with Gasteiger partial charge in [0.2, 0.25) is 0 Å². The summed E-state index contributed by atoms with van der Waals surface area (Å²) in [4.78, 5) is 0. The minimum Gasteiger partial charge on any atom is -0.249 e. The first kappa shape index (κ1) is 12.7. The summed E-state index contributed by atoms with van der Waals surface area (Å²) in [7, 11) is 0. The number of rotatable bonds is 3. The van der Waals surface area contributed by atoms with Gasteiger partial charge in [-0.3, -0.25) is 0 Å². The van der Waals surface area contributed by atoms with Crippen molar-refractivity contribution in [2.75, 3.05) is 0 Å². The Hall–Kier alpha value is -0.700. The number of hydrogen-bond acceptors (Lipinski definition) is 1. The SMILES string of the molecule is Cc1nn(Cc2cccc(Cl)c2)c(Cl)c1CCl. The van der Waals surface area contributed by atoms with Crippen LogP contribution in [0, 0.1) is 6.92 Å². The Labute approximate surface area is 115 Å². The van der Waals surface area contributed by atoms with Crippen LogP contribution in [0.1, 0.15) is 16.8 Å². The lowest BCUT2D eigenvalue weighted by atomic mass is 10.2. The van der Waals surface area contributed by atoms with Gasteiger partial charge in [0.15, 0.2) is 0 Å². The van der Waals surface area contributed by atoms with Crippen molar-refractivity contribution in [1.82, 2.24) is 9.78 Å². The first-order chi connectivity index (χ1) is 8.11. The van der Waals surface area contributed by atoms with Gasteiger partial charge in [-0.25, -0.2) is 4.68 Å². The smallest absolute Gasteiger partial charge is 0.132 e. The van der Waals surface area contributed by atoms with Crippen LogP contribution in [0.4, 0.5) is 0 Å². The summed E-state index contributed by atoms with van der Waals surface area (Å²) in [5.74, 6) is 0.375. The molecule has 2 nitrogen and oxygen atoms in total. The quantitative estimate of drug-likeness (QED) is 0.771. The fraction of sp³-hybridized carbons (Fsp3) is 0.250. The monoisotopic (exact) mass is 288 g/mol. The van der Waals surface area contributed by atoms with E-state index in [9.17, 15) is 0 Å². The standard InChI is InChI=1S/C12H11Cl3N2/c1-8-11(6-13)12(15)17(16-8)7-9-3-2-4-10(14)5-9/h2-5H,6-7H2,1H3. The number of alkyl halides is 1. The predicted molar refractivity (Wildman–Crippen MR) is 72.1 cm³/mol. The number of benzene rings is 1. The lowest BCUT2D eigenvalue weighted by molar-refractivity contribution is 0.680. The Kier molecular flexibility index (Phi) is 3.97. The highest BCUT2D eigenvalue weighted by atomic mass is 35.5. The Bertz CT molecular complexity index is 535. The van der Waals surface area contributed by atoms with Gasteiger partial charge in [-0.1, -0.05) is 35.3 Å². The molecule has 90 valence electrons. The summed E-state index contributed by atoms with van der Waals surface area (Å²) < 4.78 is 1.74. The maximum Gasteiger partial charge on any atom is 0.132 e. The van der Waals surface area contributed by atoms with Crippen LogP contribution in [0.5, 0.6) is 0 Å². The predicted octanol–water partition coefficient (Wildman–Crippen LogP) is 4.29. The van der Waals surface area contributed by atoms with Crippen LogP contribution in [0.3, 0.4) is 0 Å². The van der Waals surface area contributed by atoms with Gasteiger partial charge in [0, 0.05) is 10.6 Å². The van der Waals surface area contributed by atoms with Crippen molar-refractivity contribution in [3.63, 3.8) is 0 Å². The first-order valence-corrected chi connectivity index (χ1v) is 6.43. The molecule has 0 N–H and O–H groups in total. The van der Waals surface area contributed by atoms with Gasteiger partial charge in [0.05, 0.1) is 18.1 Å². The third kappa shape index (κ3) is 2.76. The molecule has 1 aromatic carbocycles. The summed E-state index contributed by atoms with van der Waals surface area (Å²) >= 11 is 18.0. The van der Waals surface area contributed by atoms with Crippen LogP contribution in [-0.4, -0.2) is 9.78 Å². The molecule has 1 aromatic heterocycles. The Morgan fingerprint density at radius 1 is 1.29 bits per heavy atom. The van der Waals surface area contributed by atoms with Gasteiger partial charge in [0.1, 0.15) is 5.15 Å². The fourth-order valence-corrected chi connectivity index (χ4v) is 2.56. The fourth-order valence-electron chi connectivity index (χ4n) is 1.66. The number of aryl methyl sites for hydroxylation is 1. The molecule has 0 aliphatic heterocycles. The molecule has 0 amide bonds. The zero-order valence-corrected chi connectivity index (χ0v) is 11.5. The van der Waals surface area contributed by atoms with Crippen LogP contribution in [0.2, 0.25) is 10.2 Å². The normalized spacial score (nSPS) is 10.8. The summed E-state index contributed by atoms with van der Waals surface area (Å²) in [6.45, 7) is 2.50. The van der Waals surface area contributed by atoms with Gasteiger partial charge in [-0.05, 0) is 24.6 Å². The molecule has 2 rings (SSSR count). The molecule has 0 aliphatic carbocycles. The molecule has 17 heavy (non-hydrogen) atoms. The number of nitrogens with zero attached hydrogens (tertiary/aromatic N) is 2. The van der Waals surface area contributed by atoms with Gasteiger partial charge in [0.25, 0.3) is 0 Å². The molecule has 0 saturated carbocycles. The largest absolute Gasteiger partial charge is 0.249 e. The molecule has 0 atom stereocenters. The summed E-state index contributed by atoms with van der Waals surface area (Å²) in [5, 5.41) is 5.67. The second-order valence-corrected chi connectivity index (χ2v) is 4.84. The van der Waals surface area contributed by atoms with Crippen molar-refractivity contribution >= 4 is 34.8 Å². The second-order valence-electron chi connectivity index (χ2n) is 3.78. The van der Waals surface area contributed by atoms with Crippen molar-refractivity contribution in [3.05, 3.63) is 51.3 Å². The van der Waals surface area contributed by atoms with E-state index < -0.39 is 0 Å². The van der Waals surface area contributed by atoms with E-state index in [0.29, 0.717) is 22.6 Å². The Morgan fingerprint density at radius 2 is 2.06 bits per heavy atom. The molecular formula is C12H11Cl3N2. The highest BCUT2D eigenvalue weighted by Crippen LogP contribution is 2.23. The van der Waals surface area contributed by atoms with Crippen molar-refractivity contribution in [3.8, 4) is 0 Å². The van der Waals surface area contributed by atoms with Crippen LogP contribution in [-0.2, 0) is 12.4 Å². The third-order valence-corrected chi connectivity index (χ3v) is 3.46. The molecule has 0 aliphatic rings. The van der Waals surface area contributed by atoms with Crippen molar-refractivity contribution in [1.29, 1.82) is 0 Å². The molecule has 0 fully saturated rings. The van der Waals surface area contributed by atoms with Crippen molar-refractivity contribution in [2.45, 2.75) is 19.3 Å². The van der Waals surface area contributed by atoms with E-state index in [1.165, 1.54) is 0 Å². The molecule has 0 bridgehead atoms. The third-order valence-electron chi connectivity index (χ3n) is 2.54. The molecule has 0 saturated heterocycles. The average molecular weight is 290 g/mol. The van der Waals surface area contributed by atoms with Crippen LogP contribution in [0.15, 0.2) is 24.3 Å². The van der Waals surface area contributed by atoms with Gasteiger partial charge >= 0.3 is 0 Å². The van der Waals surface area contributed by atoms with Crippen molar-refractivity contribution in [2.24, 2.45) is 0 Å². The molecular weight excluding hydrogens is 279 g/mol. The maximum absolute atomic E-state index is 6.20. The summed E-state index contributed by atoms with van der Waals surface area (Å²) in [5.41, 5.74) is 2.81. The van der Waals surface area contributed by atoms with E-state index in [4.69, 9.17) is 34.8 Å². The van der Waals surface area contributed by atoms with E-state index in [2.05, 4.69) is 5.10 Å². The highest BCUT2D eigenvalue weighted by molar-refractivity contribution is 6.31. The lowest BCUT2D eigenvalue weighted by Gasteiger charge is -2.04. The van der Waals surface area contributed by atoms with Crippen LogP contribution >= 0.6 is 34.8 Å². The van der Waals surface area contributed by atoms with E-state index in [-0.39, 0.29) is 0 Å². The molecule has 0 radical (unpaired) electrons. The van der Waals surface area contributed by atoms with Gasteiger partial charge < -0.3 is 0 Å². The zero-order valence-electron chi connectivity index (χ0n) is 9.25. The van der Waals surface area contributed by atoms with E-state index in [1.807, 2.05) is 31.2 Å². The van der Waals surface area contributed by atoms with E-state index in [1.54, 1.807) is 4.68 Å². The lowest BCUT2D eigenvalue weighted by Crippen LogP contribution is -2.02. The second kappa shape index (κ2) is 5.30. The number of aromatic nitrogens is 2. The maximum atomic E-state index is 6.20. The molecule has 0 spiro atoms. The Morgan fingerprint density at radius 3 is 2.65 bits per heavy atom. The minimum absolute atomic E-state index is 0.375.